The molecule has 0 saturated heterocycles. The zero-order valence-electron chi connectivity index (χ0n) is 56.3. The fraction of sp³-hybridized carbons (Fsp3) is 0.0204. The molecule has 4 nitrogen and oxygen atoms in total. The highest BCUT2D eigenvalue weighted by atomic mass is 15.1. The molecule has 0 amide bonds. The van der Waals surface area contributed by atoms with Gasteiger partial charge in [-0.15, -0.1) is 0 Å². The van der Waals surface area contributed by atoms with Gasteiger partial charge in [0.1, 0.15) is 0 Å². The molecule has 0 atom stereocenters. The van der Waals surface area contributed by atoms with E-state index in [1.165, 1.54) is 122 Å². The Morgan fingerprint density at radius 3 is 0.676 bits per heavy atom. The monoisotopic (exact) mass is 1300 g/mol. The maximum absolute atomic E-state index is 2.37. The molecule has 0 spiro atoms. The molecule has 0 N–H and O–H groups in total. The number of anilines is 6. The Morgan fingerprint density at radius 2 is 0.382 bits per heavy atom. The Bertz CT molecular complexity index is 5570. The van der Waals surface area contributed by atoms with Gasteiger partial charge in [-0.25, -0.2) is 0 Å². The van der Waals surface area contributed by atoms with Crippen LogP contribution in [-0.4, -0.2) is 9.13 Å². The van der Waals surface area contributed by atoms with Gasteiger partial charge < -0.3 is 18.9 Å². The lowest BCUT2D eigenvalue weighted by molar-refractivity contribution is 0.961. The minimum Gasteiger partial charge on any atom is -0.311 e. The van der Waals surface area contributed by atoms with Crippen molar-refractivity contribution < 1.29 is 0 Å². The highest BCUT2D eigenvalue weighted by Crippen LogP contribution is 2.43. The van der Waals surface area contributed by atoms with E-state index in [1.807, 2.05) is 0 Å². The van der Waals surface area contributed by atoms with Crippen molar-refractivity contribution in [2.75, 3.05) is 9.80 Å². The molecule has 0 fully saturated rings. The molecule has 482 valence electrons. The molecule has 0 aliphatic carbocycles. The van der Waals surface area contributed by atoms with Crippen molar-refractivity contribution in [3.8, 4) is 78.1 Å². The third-order valence-electron chi connectivity index (χ3n) is 20.3. The summed E-state index contributed by atoms with van der Waals surface area (Å²) in [5.41, 5.74) is 30.6. The van der Waals surface area contributed by atoms with Gasteiger partial charge in [0, 0.05) is 67.0 Å². The topological polar surface area (TPSA) is 16.3 Å². The van der Waals surface area contributed by atoms with Crippen LogP contribution in [0.15, 0.2) is 400 Å². The van der Waals surface area contributed by atoms with Crippen LogP contribution in [0.4, 0.5) is 34.1 Å². The standard InChI is InChI=1S/C98H70N4/c1-5-17-71(18-6-1)75-39-53-85(54-40-75)99(89-61-47-79(48-62-89)81-51-65-97-93(67-81)91-25-13-15-27-95(91)101(97)83-21-9-3-10-22-83)87-57-43-77(44-58-87)73-35-31-69(32-36-73)29-30-70-33-37-74(38-34-70)78-45-59-88(60-46-78)100(86-55-41-76(42-56-86)72-19-7-2-8-20-72)90-63-49-80(50-64-90)82-52-66-98-94(68-82)92-26-14-16-28-96(92)102(98)84-23-11-4-12-24-84/h1-28,31-68H,29-30H2. The Kier molecular flexibility index (Phi) is 16.1. The summed E-state index contributed by atoms with van der Waals surface area (Å²) in [7, 11) is 0. The molecule has 0 radical (unpaired) electrons. The predicted octanol–water partition coefficient (Wildman–Crippen LogP) is 26.6. The van der Waals surface area contributed by atoms with Crippen LogP contribution in [0, 0.1) is 0 Å². The van der Waals surface area contributed by atoms with Crippen molar-refractivity contribution in [2.24, 2.45) is 0 Å². The summed E-state index contributed by atoms with van der Waals surface area (Å²) < 4.78 is 4.74. The van der Waals surface area contributed by atoms with Gasteiger partial charge in [-0.3, -0.25) is 0 Å². The largest absolute Gasteiger partial charge is 0.311 e. The molecule has 4 heteroatoms. The average molecular weight is 1300 g/mol. The Labute approximate surface area is 595 Å². The number of hydrogen-bond acceptors (Lipinski definition) is 2. The van der Waals surface area contributed by atoms with Crippen LogP contribution < -0.4 is 9.80 Å². The van der Waals surface area contributed by atoms with Crippen LogP contribution in [-0.2, 0) is 12.8 Å². The molecule has 0 saturated carbocycles. The second-order valence-electron chi connectivity index (χ2n) is 26.4. The summed E-state index contributed by atoms with van der Waals surface area (Å²) in [4.78, 5) is 4.72. The van der Waals surface area contributed by atoms with Crippen molar-refractivity contribution in [1.82, 2.24) is 9.13 Å². The van der Waals surface area contributed by atoms with Crippen LogP contribution in [0.1, 0.15) is 11.1 Å². The molecule has 18 rings (SSSR count). The van der Waals surface area contributed by atoms with Gasteiger partial charge in [-0.1, -0.05) is 267 Å². The molecule has 0 aliphatic heterocycles. The summed E-state index contributed by atoms with van der Waals surface area (Å²) in [5.74, 6) is 0. The van der Waals surface area contributed by atoms with E-state index in [0.717, 1.165) is 58.3 Å². The van der Waals surface area contributed by atoms with Gasteiger partial charge >= 0.3 is 0 Å². The van der Waals surface area contributed by atoms with E-state index >= 15 is 0 Å². The molecule has 0 bridgehead atoms. The number of benzene rings is 16. The van der Waals surface area contributed by atoms with Crippen LogP contribution in [0.25, 0.3) is 122 Å². The molecule has 18 aromatic rings. The lowest BCUT2D eigenvalue weighted by Crippen LogP contribution is -2.09. The van der Waals surface area contributed by atoms with Crippen molar-refractivity contribution in [3.63, 3.8) is 0 Å². The van der Waals surface area contributed by atoms with E-state index in [2.05, 4.69) is 419 Å². The number of aryl methyl sites for hydroxylation is 2. The van der Waals surface area contributed by atoms with Crippen LogP contribution in [0.2, 0.25) is 0 Å². The lowest BCUT2D eigenvalue weighted by atomic mass is 9.98. The number of fused-ring (bicyclic) bond motifs is 6. The molecular weight excluding hydrogens is 1230 g/mol. The van der Waals surface area contributed by atoms with Crippen LogP contribution in [0.5, 0.6) is 0 Å². The fourth-order valence-corrected chi connectivity index (χ4v) is 15.0. The van der Waals surface area contributed by atoms with Gasteiger partial charge in [0.05, 0.1) is 22.1 Å². The van der Waals surface area contributed by atoms with Crippen molar-refractivity contribution in [2.45, 2.75) is 12.8 Å². The Morgan fingerprint density at radius 1 is 0.167 bits per heavy atom. The van der Waals surface area contributed by atoms with Crippen molar-refractivity contribution >= 4 is 77.7 Å². The molecule has 2 heterocycles. The number of para-hydroxylation sites is 4. The van der Waals surface area contributed by atoms with Crippen molar-refractivity contribution in [3.05, 3.63) is 412 Å². The quantitative estimate of drug-likeness (QED) is 0.0903. The normalized spacial score (nSPS) is 11.4. The number of rotatable bonds is 17. The molecule has 0 unspecified atom stereocenters. The molecule has 16 aromatic carbocycles. The number of aromatic nitrogens is 2. The molecule has 2 aromatic heterocycles. The van der Waals surface area contributed by atoms with E-state index < -0.39 is 0 Å². The minimum atomic E-state index is 0.954. The average Bonchev–Trinajstić information content (AvgIpc) is 1.59. The maximum Gasteiger partial charge on any atom is 0.0541 e. The Balaban J connectivity index is 0.563. The fourth-order valence-electron chi connectivity index (χ4n) is 15.0. The van der Waals surface area contributed by atoms with Gasteiger partial charge in [-0.2, -0.15) is 0 Å². The third kappa shape index (κ3) is 11.9. The van der Waals surface area contributed by atoms with Gasteiger partial charge in [0.2, 0.25) is 0 Å². The number of hydrogen-bond donors (Lipinski definition) is 0. The first-order chi connectivity index (χ1) is 50.5. The van der Waals surface area contributed by atoms with Crippen LogP contribution in [0.3, 0.4) is 0 Å². The van der Waals surface area contributed by atoms with Gasteiger partial charge in [-0.05, 0) is 224 Å². The summed E-state index contributed by atoms with van der Waals surface area (Å²) >= 11 is 0. The SMILES string of the molecule is c1ccc(-c2ccc(N(c3ccc(-c4ccc(CCc5ccc(-c6ccc(N(c7ccc(-c8ccccc8)cc7)c7ccc(-c8ccc9c(c8)c8ccccc8n9-c8ccccc8)cc7)cc6)cc5)cc4)cc3)c3ccc(-c4ccc5c(c4)c4ccccc4n5-c4ccccc4)cc3)cc2)cc1. The van der Waals surface area contributed by atoms with Gasteiger partial charge in [0.15, 0.2) is 0 Å². The highest BCUT2D eigenvalue weighted by Gasteiger charge is 2.20. The van der Waals surface area contributed by atoms with E-state index in [0.29, 0.717) is 0 Å². The third-order valence-corrected chi connectivity index (χ3v) is 20.3. The zero-order valence-corrected chi connectivity index (χ0v) is 56.3. The second kappa shape index (κ2) is 26.9. The number of nitrogens with zero attached hydrogens (tertiary/aromatic N) is 4. The van der Waals surface area contributed by atoms with Crippen LogP contribution >= 0.6 is 0 Å². The first kappa shape index (κ1) is 61.1. The Hall–Kier alpha value is -13.3. The van der Waals surface area contributed by atoms with Crippen molar-refractivity contribution in [1.29, 1.82) is 0 Å². The second-order valence-corrected chi connectivity index (χ2v) is 26.4. The first-order valence-corrected chi connectivity index (χ1v) is 35.2. The minimum absolute atomic E-state index is 0.954. The van der Waals surface area contributed by atoms with E-state index in [4.69, 9.17) is 0 Å². The van der Waals surface area contributed by atoms with Gasteiger partial charge in [0.25, 0.3) is 0 Å². The summed E-state index contributed by atoms with van der Waals surface area (Å²) in [6.07, 6.45) is 1.91. The predicted molar refractivity (Wildman–Crippen MR) is 431 cm³/mol. The van der Waals surface area contributed by atoms with E-state index in [-0.39, 0.29) is 0 Å². The summed E-state index contributed by atoms with van der Waals surface area (Å²) in [5, 5.41) is 4.98. The smallest absolute Gasteiger partial charge is 0.0541 e. The zero-order chi connectivity index (χ0) is 67.7. The van der Waals surface area contributed by atoms with E-state index in [9.17, 15) is 0 Å². The summed E-state index contributed by atoms with van der Waals surface area (Å²) in [6, 6.07) is 146. The first-order valence-electron chi connectivity index (χ1n) is 35.2. The van der Waals surface area contributed by atoms with E-state index in [1.54, 1.807) is 0 Å². The highest BCUT2D eigenvalue weighted by molar-refractivity contribution is 6.12. The lowest BCUT2D eigenvalue weighted by Gasteiger charge is -2.26. The maximum atomic E-state index is 2.37. The summed E-state index contributed by atoms with van der Waals surface area (Å²) in [6.45, 7) is 0. The molecule has 0 aliphatic rings. The molecular formula is C98H70N4. The molecule has 102 heavy (non-hydrogen) atoms.